The van der Waals surface area contributed by atoms with E-state index in [4.69, 9.17) is 0 Å². The fourth-order valence-electron chi connectivity index (χ4n) is 1.90. The predicted octanol–water partition coefficient (Wildman–Crippen LogP) is 2.87. The van der Waals surface area contributed by atoms with Crippen LogP contribution in [0.1, 0.15) is 36.0 Å². The number of halogens is 1. The molecule has 0 unspecified atom stereocenters. The maximum Gasteiger partial charge on any atom is 0.220 e. The third-order valence-corrected chi connectivity index (χ3v) is 3.61. The van der Waals surface area contributed by atoms with E-state index in [0.717, 1.165) is 17.4 Å². The normalized spacial score (nSPS) is 10.7. The number of hydrogen-bond acceptors (Lipinski definition) is 3. The molecular formula is C16H23BrN2O2. The number of Topliss-reactive ketones (excluding diaryl/α,β-unsaturated/α-hetero) is 1. The lowest BCUT2D eigenvalue weighted by Crippen LogP contribution is -2.26. The molecule has 0 heterocycles. The summed E-state index contributed by atoms with van der Waals surface area (Å²) < 4.78 is 0.955. The number of benzene rings is 1. The Balaban J connectivity index is 2.16. The Hall–Kier alpha value is -1.20. The van der Waals surface area contributed by atoms with Gasteiger partial charge in [0.05, 0.1) is 0 Å². The molecule has 0 bridgehead atoms. The lowest BCUT2D eigenvalue weighted by molar-refractivity contribution is -0.121. The van der Waals surface area contributed by atoms with E-state index in [1.807, 2.05) is 26.2 Å². The Bertz CT molecular complexity index is 458. The topological polar surface area (TPSA) is 49.4 Å². The summed E-state index contributed by atoms with van der Waals surface area (Å²) in [5.41, 5.74) is 0.699. The van der Waals surface area contributed by atoms with Crippen molar-refractivity contribution in [3.8, 4) is 0 Å². The summed E-state index contributed by atoms with van der Waals surface area (Å²) in [7, 11) is 4.02. The van der Waals surface area contributed by atoms with Gasteiger partial charge in [0.1, 0.15) is 0 Å². The second kappa shape index (κ2) is 9.68. The summed E-state index contributed by atoms with van der Waals surface area (Å²) in [6.45, 7) is 1.65. The van der Waals surface area contributed by atoms with Crippen LogP contribution in [0.2, 0.25) is 0 Å². The van der Waals surface area contributed by atoms with Crippen LogP contribution in [0, 0.1) is 0 Å². The summed E-state index contributed by atoms with van der Waals surface area (Å²) >= 11 is 3.34. The van der Waals surface area contributed by atoms with E-state index in [1.165, 1.54) is 0 Å². The molecule has 1 N–H and O–H groups in total. The first kappa shape index (κ1) is 17.9. The quantitative estimate of drug-likeness (QED) is 0.547. The highest BCUT2D eigenvalue weighted by Gasteiger charge is 2.07. The first-order chi connectivity index (χ1) is 9.99. The molecule has 0 spiro atoms. The number of nitrogens with zero attached hydrogens (tertiary/aromatic N) is 1. The van der Waals surface area contributed by atoms with Crippen LogP contribution in [-0.2, 0) is 4.79 Å². The number of rotatable bonds is 9. The van der Waals surface area contributed by atoms with Crippen LogP contribution in [0.5, 0.6) is 0 Å². The van der Waals surface area contributed by atoms with Gasteiger partial charge in [-0.05, 0) is 45.6 Å². The van der Waals surface area contributed by atoms with Gasteiger partial charge in [-0.15, -0.1) is 0 Å². The number of hydrogen-bond donors (Lipinski definition) is 1. The molecule has 0 aliphatic carbocycles. The Morgan fingerprint density at radius 3 is 2.38 bits per heavy atom. The number of ketones is 1. The smallest absolute Gasteiger partial charge is 0.220 e. The van der Waals surface area contributed by atoms with E-state index in [1.54, 1.807) is 12.1 Å². The third-order valence-electron chi connectivity index (χ3n) is 3.08. The molecule has 0 aliphatic heterocycles. The highest BCUT2D eigenvalue weighted by molar-refractivity contribution is 9.10. The van der Waals surface area contributed by atoms with Gasteiger partial charge in [0, 0.05) is 29.4 Å². The summed E-state index contributed by atoms with van der Waals surface area (Å²) in [5, 5.41) is 2.88. The third kappa shape index (κ3) is 7.97. The average Bonchev–Trinajstić information content (AvgIpc) is 2.44. The zero-order valence-corrected chi connectivity index (χ0v) is 14.3. The summed E-state index contributed by atoms with van der Waals surface area (Å²) in [6.07, 6.45) is 2.35. The molecule has 0 radical (unpaired) electrons. The molecule has 1 aromatic rings. The minimum Gasteiger partial charge on any atom is -0.356 e. The monoisotopic (exact) mass is 354 g/mol. The van der Waals surface area contributed by atoms with E-state index < -0.39 is 0 Å². The lowest BCUT2D eigenvalue weighted by Gasteiger charge is -2.09. The summed E-state index contributed by atoms with van der Waals surface area (Å²) in [5.74, 6) is 0.111. The molecule has 0 atom stereocenters. The first-order valence-corrected chi connectivity index (χ1v) is 7.98. The van der Waals surface area contributed by atoms with Crippen LogP contribution in [0.25, 0.3) is 0 Å². The van der Waals surface area contributed by atoms with Crippen molar-refractivity contribution in [2.75, 3.05) is 27.2 Å². The molecule has 116 valence electrons. The van der Waals surface area contributed by atoms with Crippen LogP contribution >= 0.6 is 15.9 Å². The molecule has 0 aliphatic rings. The van der Waals surface area contributed by atoms with Crippen molar-refractivity contribution in [3.63, 3.8) is 0 Å². The highest BCUT2D eigenvalue weighted by Crippen LogP contribution is 2.13. The van der Waals surface area contributed by atoms with Gasteiger partial charge in [-0.25, -0.2) is 0 Å². The van der Waals surface area contributed by atoms with Crippen molar-refractivity contribution in [2.24, 2.45) is 0 Å². The SMILES string of the molecule is CN(C)CCCNC(=O)CCCC(=O)c1ccc(Br)cc1. The second-order valence-electron chi connectivity index (χ2n) is 5.29. The average molecular weight is 355 g/mol. The summed E-state index contributed by atoms with van der Waals surface area (Å²) in [6, 6.07) is 7.30. The van der Waals surface area contributed by atoms with Gasteiger partial charge in [0.2, 0.25) is 5.91 Å². The van der Waals surface area contributed by atoms with Crippen LogP contribution in [0.4, 0.5) is 0 Å². The fourth-order valence-corrected chi connectivity index (χ4v) is 2.17. The van der Waals surface area contributed by atoms with Crippen molar-refractivity contribution >= 4 is 27.6 Å². The Labute approximate surface area is 135 Å². The minimum absolute atomic E-state index is 0.0253. The molecule has 0 saturated heterocycles. The minimum atomic E-state index is 0.0253. The van der Waals surface area contributed by atoms with Crippen LogP contribution in [0.3, 0.4) is 0 Å². The van der Waals surface area contributed by atoms with E-state index >= 15 is 0 Å². The zero-order valence-electron chi connectivity index (χ0n) is 12.7. The predicted molar refractivity (Wildman–Crippen MR) is 88.5 cm³/mol. The van der Waals surface area contributed by atoms with Crippen molar-refractivity contribution in [1.82, 2.24) is 10.2 Å². The number of amides is 1. The Morgan fingerprint density at radius 1 is 1.10 bits per heavy atom. The van der Waals surface area contributed by atoms with Gasteiger partial charge in [-0.3, -0.25) is 9.59 Å². The molecule has 1 rings (SSSR count). The number of carbonyl (C=O) groups excluding carboxylic acids is 2. The van der Waals surface area contributed by atoms with E-state index in [9.17, 15) is 9.59 Å². The summed E-state index contributed by atoms with van der Waals surface area (Å²) in [4.78, 5) is 25.6. The van der Waals surface area contributed by atoms with Gasteiger partial charge in [-0.1, -0.05) is 28.1 Å². The standard InChI is InChI=1S/C16H23BrN2O2/c1-19(2)12-4-11-18-16(21)6-3-5-15(20)13-7-9-14(17)10-8-13/h7-10H,3-6,11-12H2,1-2H3,(H,18,21). The zero-order chi connectivity index (χ0) is 15.7. The maximum absolute atomic E-state index is 11.9. The first-order valence-electron chi connectivity index (χ1n) is 7.19. The molecule has 0 aromatic heterocycles. The van der Waals surface area contributed by atoms with Crippen molar-refractivity contribution in [3.05, 3.63) is 34.3 Å². The van der Waals surface area contributed by atoms with E-state index in [-0.39, 0.29) is 11.7 Å². The molecule has 0 fully saturated rings. The van der Waals surface area contributed by atoms with Crippen LogP contribution < -0.4 is 5.32 Å². The Kier molecular flexibility index (Phi) is 8.23. The van der Waals surface area contributed by atoms with Crippen molar-refractivity contribution < 1.29 is 9.59 Å². The van der Waals surface area contributed by atoms with Crippen LogP contribution in [-0.4, -0.2) is 43.8 Å². The number of carbonyl (C=O) groups is 2. The molecule has 0 saturated carbocycles. The molecule has 5 heteroatoms. The fraction of sp³-hybridized carbons (Fsp3) is 0.500. The molecular weight excluding hydrogens is 332 g/mol. The molecule has 1 aromatic carbocycles. The molecule has 1 amide bonds. The van der Waals surface area contributed by atoms with Gasteiger partial charge in [0.25, 0.3) is 0 Å². The van der Waals surface area contributed by atoms with E-state index in [2.05, 4.69) is 26.1 Å². The van der Waals surface area contributed by atoms with Gasteiger partial charge >= 0.3 is 0 Å². The van der Waals surface area contributed by atoms with E-state index in [0.29, 0.717) is 31.4 Å². The molecule has 4 nitrogen and oxygen atoms in total. The van der Waals surface area contributed by atoms with Gasteiger partial charge < -0.3 is 10.2 Å². The van der Waals surface area contributed by atoms with Gasteiger partial charge in [0.15, 0.2) is 5.78 Å². The lowest BCUT2D eigenvalue weighted by atomic mass is 10.1. The van der Waals surface area contributed by atoms with Crippen molar-refractivity contribution in [1.29, 1.82) is 0 Å². The maximum atomic E-state index is 11.9. The van der Waals surface area contributed by atoms with Crippen LogP contribution in [0.15, 0.2) is 28.7 Å². The second-order valence-corrected chi connectivity index (χ2v) is 6.21. The highest BCUT2D eigenvalue weighted by atomic mass is 79.9. The largest absolute Gasteiger partial charge is 0.356 e. The van der Waals surface area contributed by atoms with Gasteiger partial charge in [-0.2, -0.15) is 0 Å². The molecule has 21 heavy (non-hydrogen) atoms. The Morgan fingerprint density at radius 2 is 1.76 bits per heavy atom. The number of nitrogens with one attached hydrogen (secondary N) is 1. The van der Waals surface area contributed by atoms with Crippen molar-refractivity contribution in [2.45, 2.75) is 25.7 Å².